The summed E-state index contributed by atoms with van der Waals surface area (Å²) in [5, 5.41) is 20.0. The Kier molecular flexibility index (Phi) is 3.46. The maximum Gasteiger partial charge on any atom is 0.350 e. The molecule has 1 aromatic rings. The molecule has 0 aliphatic heterocycles. The molecule has 1 heterocycles. The zero-order chi connectivity index (χ0) is 13.2. The van der Waals surface area contributed by atoms with Crippen molar-refractivity contribution in [1.82, 2.24) is 4.98 Å². The largest absolute Gasteiger partial charge is 0.494 e. The van der Waals surface area contributed by atoms with Gasteiger partial charge < -0.3 is 9.84 Å². The van der Waals surface area contributed by atoms with Gasteiger partial charge in [-0.25, -0.2) is 4.79 Å². The number of hydrogen-bond acceptors (Lipinski definition) is 6. The Hall–Kier alpha value is -2.38. The summed E-state index contributed by atoms with van der Waals surface area (Å²) >= 11 is 0. The van der Waals surface area contributed by atoms with Gasteiger partial charge in [0.15, 0.2) is 5.56 Å². The van der Waals surface area contributed by atoms with Crippen molar-refractivity contribution in [1.29, 1.82) is 0 Å². The number of H-pyrrole nitrogens is 1. The van der Waals surface area contributed by atoms with Crippen LogP contribution in [-0.4, -0.2) is 27.1 Å². The highest BCUT2D eigenvalue weighted by molar-refractivity contribution is 5.96. The highest BCUT2D eigenvalue weighted by atomic mass is 16.6. The van der Waals surface area contributed by atoms with Crippen molar-refractivity contribution in [3.8, 4) is 5.88 Å². The van der Waals surface area contributed by atoms with E-state index < -0.39 is 39.7 Å². The van der Waals surface area contributed by atoms with E-state index in [1.807, 2.05) is 4.98 Å². The van der Waals surface area contributed by atoms with Crippen LogP contribution in [0.4, 0.5) is 5.69 Å². The summed E-state index contributed by atoms with van der Waals surface area (Å²) < 4.78 is 4.72. The third kappa shape index (κ3) is 2.80. The third-order valence-corrected chi connectivity index (χ3v) is 1.75. The summed E-state index contributed by atoms with van der Waals surface area (Å²) in [5.74, 6) is -1.95. The molecule has 0 aliphatic carbocycles. The molecule has 1 aromatic heterocycles. The summed E-state index contributed by atoms with van der Waals surface area (Å²) in [6, 6.07) is 0.608. The summed E-state index contributed by atoms with van der Waals surface area (Å²) in [6.45, 7) is 3.10. The number of nitrogens with one attached hydrogen (secondary N) is 1. The van der Waals surface area contributed by atoms with Crippen molar-refractivity contribution >= 4 is 11.7 Å². The summed E-state index contributed by atoms with van der Waals surface area (Å²) in [6.07, 6.45) is -0.506. The number of ether oxygens (including phenoxy) is 1. The fourth-order valence-corrected chi connectivity index (χ4v) is 1.15. The van der Waals surface area contributed by atoms with Gasteiger partial charge >= 0.3 is 5.97 Å². The van der Waals surface area contributed by atoms with E-state index in [1.165, 1.54) is 0 Å². The maximum atomic E-state index is 11.5. The molecular formula is C9H10N2O6. The van der Waals surface area contributed by atoms with Crippen LogP contribution in [0.25, 0.3) is 0 Å². The first-order valence-electron chi connectivity index (χ1n) is 4.64. The van der Waals surface area contributed by atoms with Gasteiger partial charge in [-0.1, -0.05) is 0 Å². The van der Waals surface area contributed by atoms with Gasteiger partial charge in [0.05, 0.1) is 17.1 Å². The zero-order valence-electron chi connectivity index (χ0n) is 9.09. The Labute approximate surface area is 95.0 Å². The first kappa shape index (κ1) is 12.7. The van der Waals surface area contributed by atoms with E-state index in [0.717, 1.165) is 0 Å². The standard InChI is InChI=1S/C9H10N2O6/c1-4(2)17-9(14)7-5(11(15)16)3-6(12)10-8(7)13/h3-4H,1-2H3,(H2,10,12,13). The number of carbonyl (C=O) groups excluding carboxylic acids is 1. The quantitative estimate of drug-likeness (QED) is 0.453. The normalized spacial score (nSPS) is 10.3. The molecule has 8 heteroatoms. The van der Waals surface area contributed by atoms with Crippen LogP contribution in [0.5, 0.6) is 5.88 Å². The van der Waals surface area contributed by atoms with Crippen LogP contribution in [0.3, 0.4) is 0 Å². The number of hydrogen-bond donors (Lipinski definition) is 2. The summed E-state index contributed by atoms with van der Waals surface area (Å²) in [5.41, 5.74) is -2.34. The number of aromatic amines is 1. The van der Waals surface area contributed by atoms with Gasteiger partial charge in [-0.3, -0.25) is 19.9 Å². The number of esters is 1. The molecule has 0 aliphatic rings. The predicted molar refractivity (Wildman–Crippen MR) is 55.9 cm³/mol. The molecule has 0 amide bonds. The molecule has 92 valence electrons. The van der Waals surface area contributed by atoms with E-state index in [-0.39, 0.29) is 0 Å². The van der Waals surface area contributed by atoms with Gasteiger partial charge in [0, 0.05) is 0 Å². The van der Waals surface area contributed by atoms with Crippen LogP contribution in [0.15, 0.2) is 10.9 Å². The molecule has 0 radical (unpaired) electrons. The minimum atomic E-state index is -1.07. The Bertz CT molecular complexity index is 519. The second-order valence-electron chi connectivity index (χ2n) is 3.45. The minimum Gasteiger partial charge on any atom is -0.494 e. The van der Waals surface area contributed by atoms with Crippen LogP contribution in [0.2, 0.25) is 0 Å². The lowest BCUT2D eigenvalue weighted by atomic mass is 10.2. The van der Waals surface area contributed by atoms with Crippen LogP contribution in [-0.2, 0) is 4.74 Å². The van der Waals surface area contributed by atoms with Crippen molar-refractivity contribution < 1.29 is 19.6 Å². The van der Waals surface area contributed by atoms with Gasteiger partial charge in [0.1, 0.15) is 0 Å². The number of pyridine rings is 1. The van der Waals surface area contributed by atoms with Crippen molar-refractivity contribution in [2.45, 2.75) is 20.0 Å². The van der Waals surface area contributed by atoms with E-state index >= 15 is 0 Å². The van der Waals surface area contributed by atoms with Gasteiger partial charge in [0.2, 0.25) is 5.88 Å². The highest BCUT2D eigenvalue weighted by Crippen LogP contribution is 2.24. The van der Waals surface area contributed by atoms with Gasteiger partial charge in [0.25, 0.3) is 11.2 Å². The maximum absolute atomic E-state index is 11.5. The zero-order valence-corrected chi connectivity index (χ0v) is 9.09. The van der Waals surface area contributed by atoms with E-state index in [1.54, 1.807) is 13.8 Å². The molecule has 0 aromatic carbocycles. The smallest absolute Gasteiger partial charge is 0.350 e. The monoisotopic (exact) mass is 242 g/mol. The molecule has 1 rings (SSSR count). The van der Waals surface area contributed by atoms with Crippen LogP contribution in [0.1, 0.15) is 24.2 Å². The van der Waals surface area contributed by atoms with E-state index in [9.17, 15) is 24.8 Å². The Morgan fingerprint density at radius 2 is 2.18 bits per heavy atom. The number of aromatic hydroxyl groups is 1. The lowest BCUT2D eigenvalue weighted by Crippen LogP contribution is -2.17. The SMILES string of the molecule is CC(C)OC(=O)c1c([N+](=O)[O-])cc(=O)[nH]c1O. The molecule has 0 saturated carbocycles. The lowest BCUT2D eigenvalue weighted by molar-refractivity contribution is -0.385. The lowest BCUT2D eigenvalue weighted by Gasteiger charge is -2.08. The Morgan fingerprint density at radius 3 is 2.65 bits per heavy atom. The summed E-state index contributed by atoms with van der Waals surface area (Å²) in [4.78, 5) is 34.0. The topological polar surface area (TPSA) is 123 Å². The second-order valence-corrected chi connectivity index (χ2v) is 3.45. The highest BCUT2D eigenvalue weighted by Gasteiger charge is 2.27. The van der Waals surface area contributed by atoms with Crippen LogP contribution in [0, 0.1) is 10.1 Å². The van der Waals surface area contributed by atoms with E-state index in [2.05, 4.69) is 0 Å². The third-order valence-electron chi connectivity index (χ3n) is 1.75. The van der Waals surface area contributed by atoms with Crippen molar-refractivity contribution in [2.75, 3.05) is 0 Å². The number of rotatable bonds is 3. The molecule has 17 heavy (non-hydrogen) atoms. The fraction of sp³-hybridized carbons (Fsp3) is 0.333. The molecule has 0 bridgehead atoms. The molecule has 0 spiro atoms. The second kappa shape index (κ2) is 4.64. The Balaban J connectivity index is 3.35. The first-order chi connectivity index (χ1) is 7.82. The van der Waals surface area contributed by atoms with Gasteiger partial charge in [-0.05, 0) is 13.8 Å². The van der Waals surface area contributed by atoms with Crippen LogP contribution < -0.4 is 5.56 Å². The molecule has 0 saturated heterocycles. The van der Waals surface area contributed by atoms with Crippen LogP contribution >= 0.6 is 0 Å². The number of aromatic nitrogens is 1. The fourth-order valence-electron chi connectivity index (χ4n) is 1.15. The van der Waals surface area contributed by atoms with E-state index in [4.69, 9.17) is 4.74 Å². The van der Waals surface area contributed by atoms with Crippen molar-refractivity contribution in [2.24, 2.45) is 0 Å². The average Bonchev–Trinajstić information content (AvgIpc) is 2.14. The van der Waals surface area contributed by atoms with Gasteiger partial charge in [-0.2, -0.15) is 0 Å². The molecule has 8 nitrogen and oxygen atoms in total. The minimum absolute atomic E-state index is 0.506. The van der Waals surface area contributed by atoms with E-state index in [0.29, 0.717) is 6.07 Å². The molecule has 2 N–H and O–H groups in total. The molecule has 0 atom stereocenters. The molecular weight excluding hydrogens is 232 g/mol. The molecule has 0 fully saturated rings. The number of nitro groups is 1. The number of carbonyl (C=O) groups is 1. The van der Waals surface area contributed by atoms with Crippen molar-refractivity contribution in [3.63, 3.8) is 0 Å². The van der Waals surface area contributed by atoms with Crippen molar-refractivity contribution in [3.05, 3.63) is 32.1 Å². The number of nitrogens with zero attached hydrogens (tertiary/aromatic N) is 1. The van der Waals surface area contributed by atoms with Gasteiger partial charge in [-0.15, -0.1) is 0 Å². The molecule has 0 unspecified atom stereocenters. The first-order valence-corrected chi connectivity index (χ1v) is 4.64. The summed E-state index contributed by atoms with van der Waals surface area (Å²) in [7, 11) is 0. The Morgan fingerprint density at radius 1 is 1.59 bits per heavy atom. The predicted octanol–water partition coefficient (Wildman–Crippen LogP) is 0.554. The average molecular weight is 242 g/mol.